The van der Waals surface area contributed by atoms with Crippen molar-refractivity contribution >= 4 is 11.9 Å². The summed E-state index contributed by atoms with van der Waals surface area (Å²) in [5.41, 5.74) is -0.0372. The summed E-state index contributed by atoms with van der Waals surface area (Å²) in [7, 11) is 1.61. The molecule has 5 heteroatoms. The van der Waals surface area contributed by atoms with Gasteiger partial charge in [-0.15, -0.1) is 0 Å². The van der Waals surface area contributed by atoms with Crippen LogP contribution in [-0.2, 0) is 16.0 Å². The average molecular weight is 305 g/mol. The van der Waals surface area contributed by atoms with Crippen LogP contribution < -0.4 is 10.1 Å². The number of methoxy groups -OCH3 is 1. The van der Waals surface area contributed by atoms with E-state index < -0.39 is 11.5 Å². The molecular weight excluding hydrogens is 282 g/mol. The number of nitrogens with one attached hydrogen (secondary N) is 1. The van der Waals surface area contributed by atoms with Gasteiger partial charge < -0.3 is 15.2 Å². The standard InChI is InChI=1S/C17H23NO4/c1-12(11-13-5-7-14(22-2)8-6-13)15(19)18-17(16(20)21)9-3-4-10-17/h5-8,12H,3-4,9-11H2,1-2H3,(H,18,19)(H,20,21). The number of carboxylic acid groups (broad SMARTS) is 1. The Morgan fingerprint density at radius 3 is 2.36 bits per heavy atom. The van der Waals surface area contributed by atoms with E-state index in [2.05, 4.69) is 5.32 Å². The van der Waals surface area contributed by atoms with Gasteiger partial charge in [-0.3, -0.25) is 4.79 Å². The lowest BCUT2D eigenvalue weighted by atomic mass is 9.94. The van der Waals surface area contributed by atoms with Crippen molar-refractivity contribution in [2.45, 2.75) is 44.6 Å². The van der Waals surface area contributed by atoms with Gasteiger partial charge in [0.1, 0.15) is 11.3 Å². The van der Waals surface area contributed by atoms with E-state index in [9.17, 15) is 14.7 Å². The zero-order valence-electron chi connectivity index (χ0n) is 13.1. The second kappa shape index (κ2) is 6.81. The molecule has 5 nitrogen and oxygen atoms in total. The molecule has 22 heavy (non-hydrogen) atoms. The summed E-state index contributed by atoms with van der Waals surface area (Å²) in [4.78, 5) is 23.8. The smallest absolute Gasteiger partial charge is 0.329 e. The molecule has 0 radical (unpaired) electrons. The first-order chi connectivity index (χ1) is 10.5. The van der Waals surface area contributed by atoms with Gasteiger partial charge in [0.25, 0.3) is 0 Å². The van der Waals surface area contributed by atoms with Gasteiger partial charge in [0.15, 0.2) is 0 Å². The van der Waals surface area contributed by atoms with Crippen molar-refractivity contribution in [3.63, 3.8) is 0 Å². The zero-order valence-corrected chi connectivity index (χ0v) is 13.1. The minimum atomic E-state index is -1.06. The lowest BCUT2D eigenvalue weighted by Crippen LogP contribution is -2.54. The molecule has 0 saturated heterocycles. The van der Waals surface area contributed by atoms with Gasteiger partial charge in [0.2, 0.25) is 5.91 Å². The molecule has 0 aromatic heterocycles. The molecule has 0 aliphatic heterocycles. The van der Waals surface area contributed by atoms with E-state index in [4.69, 9.17) is 4.74 Å². The van der Waals surface area contributed by atoms with Crippen molar-refractivity contribution in [2.75, 3.05) is 7.11 Å². The van der Waals surface area contributed by atoms with Crippen LogP contribution in [0.15, 0.2) is 24.3 Å². The Bertz CT molecular complexity index is 532. The summed E-state index contributed by atoms with van der Waals surface area (Å²) in [6, 6.07) is 7.56. The topological polar surface area (TPSA) is 75.6 Å². The molecule has 0 bridgehead atoms. The number of hydrogen-bond acceptors (Lipinski definition) is 3. The van der Waals surface area contributed by atoms with Crippen molar-refractivity contribution < 1.29 is 19.4 Å². The van der Waals surface area contributed by atoms with Crippen molar-refractivity contribution in [1.82, 2.24) is 5.32 Å². The first-order valence-electron chi connectivity index (χ1n) is 7.65. The fourth-order valence-corrected chi connectivity index (χ4v) is 2.94. The fourth-order valence-electron chi connectivity index (χ4n) is 2.94. The number of carboxylic acids is 1. The number of amides is 1. The van der Waals surface area contributed by atoms with E-state index in [0.717, 1.165) is 24.2 Å². The van der Waals surface area contributed by atoms with Crippen LogP contribution in [0.5, 0.6) is 5.75 Å². The quantitative estimate of drug-likeness (QED) is 0.846. The number of aliphatic carboxylic acids is 1. The normalized spacial score (nSPS) is 17.7. The van der Waals surface area contributed by atoms with Gasteiger partial charge in [0, 0.05) is 5.92 Å². The number of rotatable bonds is 6. The van der Waals surface area contributed by atoms with Gasteiger partial charge in [-0.25, -0.2) is 4.79 Å². The third-order valence-electron chi connectivity index (χ3n) is 4.38. The number of ether oxygens (including phenoxy) is 1. The van der Waals surface area contributed by atoms with Gasteiger partial charge >= 0.3 is 5.97 Å². The highest BCUT2D eigenvalue weighted by Crippen LogP contribution is 2.30. The Kier molecular flexibility index (Phi) is 5.06. The van der Waals surface area contributed by atoms with E-state index in [-0.39, 0.29) is 11.8 Å². The number of benzene rings is 1. The van der Waals surface area contributed by atoms with Crippen LogP contribution in [0.4, 0.5) is 0 Å². The Balaban J connectivity index is 1.97. The van der Waals surface area contributed by atoms with Crippen LogP contribution in [-0.4, -0.2) is 29.6 Å². The number of hydrogen-bond donors (Lipinski definition) is 2. The summed E-state index contributed by atoms with van der Waals surface area (Å²) in [6.45, 7) is 1.82. The van der Waals surface area contributed by atoms with Crippen molar-refractivity contribution in [3.05, 3.63) is 29.8 Å². The second-order valence-electron chi connectivity index (χ2n) is 6.04. The molecule has 2 rings (SSSR count). The predicted octanol–water partition coefficient (Wildman–Crippen LogP) is 2.39. The summed E-state index contributed by atoms with van der Waals surface area (Å²) in [5, 5.41) is 12.2. The third-order valence-corrected chi connectivity index (χ3v) is 4.38. The molecule has 1 saturated carbocycles. The molecule has 1 aromatic carbocycles. The molecule has 1 fully saturated rings. The van der Waals surface area contributed by atoms with Gasteiger partial charge in [0.05, 0.1) is 7.11 Å². The molecule has 120 valence electrons. The monoisotopic (exact) mass is 305 g/mol. The Labute approximate surface area is 130 Å². The predicted molar refractivity (Wildman–Crippen MR) is 82.8 cm³/mol. The largest absolute Gasteiger partial charge is 0.497 e. The first-order valence-corrected chi connectivity index (χ1v) is 7.65. The highest BCUT2D eigenvalue weighted by atomic mass is 16.5. The Morgan fingerprint density at radius 2 is 1.86 bits per heavy atom. The van der Waals surface area contributed by atoms with Crippen molar-refractivity contribution in [3.8, 4) is 5.75 Å². The Hall–Kier alpha value is -2.04. The van der Waals surface area contributed by atoms with Gasteiger partial charge in [-0.05, 0) is 37.0 Å². The lowest BCUT2D eigenvalue weighted by molar-refractivity contribution is -0.148. The molecule has 0 spiro atoms. The molecule has 1 aromatic rings. The maximum Gasteiger partial charge on any atom is 0.329 e. The van der Waals surface area contributed by atoms with Crippen LogP contribution >= 0.6 is 0 Å². The average Bonchev–Trinajstić information content (AvgIpc) is 2.98. The molecule has 2 N–H and O–H groups in total. The molecule has 1 aliphatic rings. The van der Waals surface area contributed by atoms with Crippen LogP contribution in [0, 0.1) is 5.92 Å². The maximum absolute atomic E-state index is 12.3. The number of carbonyl (C=O) groups is 2. The number of carbonyl (C=O) groups excluding carboxylic acids is 1. The summed E-state index contributed by atoms with van der Waals surface area (Å²) in [6.07, 6.45) is 3.30. The third kappa shape index (κ3) is 3.59. The van der Waals surface area contributed by atoms with Gasteiger partial charge in [-0.2, -0.15) is 0 Å². The zero-order chi connectivity index (χ0) is 16.2. The summed E-state index contributed by atoms with van der Waals surface area (Å²) in [5.74, 6) is -0.614. The highest BCUT2D eigenvalue weighted by Gasteiger charge is 2.43. The van der Waals surface area contributed by atoms with Crippen molar-refractivity contribution in [1.29, 1.82) is 0 Å². The van der Waals surface area contributed by atoms with Crippen LogP contribution in [0.25, 0.3) is 0 Å². The highest BCUT2D eigenvalue weighted by molar-refractivity contribution is 5.88. The van der Waals surface area contributed by atoms with E-state index in [1.54, 1.807) is 7.11 Å². The molecule has 1 aliphatic carbocycles. The lowest BCUT2D eigenvalue weighted by Gasteiger charge is -2.27. The van der Waals surface area contributed by atoms with Crippen LogP contribution in [0.3, 0.4) is 0 Å². The summed E-state index contributed by atoms with van der Waals surface area (Å²) < 4.78 is 5.11. The molecule has 1 amide bonds. The molecule has 0 heterocycles. The van der Waals surface area contributed by atoms with E-state index in [1.165, 1.54) is 0 Å². The van der Waals surface area contributed by atoms with Crippen LogP contribution in [0.2, 0.25) is 0 Å². The minimum absolute atomic E-state index is 0.194. The molecule has 1 atom stereocenters. The van der Waals surface area contributed by atoms with E-state index in [0.29, 0.717) is 19.3 Å². The molecule has 1 unspecified atom stereocenters. The van der Waals surface area contributed by atoms with Crippen molar-refractivity contribution in [2.24, 2.45) is 5.92 Å². The van der Waals surface area contributed by atoms with E-state index in [1.807, 2.05) is 31.2 Å². The van der Waals surface area contributed by atoms with Gasteiger partial charge in [-0.1, -0.05) is 31.9 Å². The second-order valence-corrected chi connectivity index (χ2v) is 6.04. The SMILES string of the molecule is COc1ccc(CC(C)C(=O)NC2(C(=O)O)CCCC2)cc1. The summed E-state index contributed by atoms with van der Waals surface area (Å²) >= 11 is 0. The van der Waals surface area contributed by atoms with E-state index >= 15 is 0 Å². The maximum atomic E-state index is 12.3. The molecular formula is C17H23NO4. The minimum Gasteiger partial charge on any atom is -0.497 e. The Morgan fingerprint density at radius 1 is 1.27 bits per heavy atom. The first kappa shape index (κ1) is 16.3. The van der Waals surface area contributed by atoms with Crippen LogP contribution in [0.1, 0.15) is 38.2 Å². The fraction of sp³-hybridized carbons (Fsp3) is 0.529.